The summed E-state index contributed by atoms with van der Waals surface area (Å²) < 4.78 is 5.20. The van der Waals surface area contributed by atoms with Gasteiger partial charge in [0.15, 0.2) is 0 Å². The number of carbonyl (C=O) groups excluding carboxylic acids is 3. The summed E-state index contributed by atoms with van der Waals surface area (Å²) in [4.78, 5) is 40.0. The number of morpholine rings is 1. The predicted molar refractivity (Wildman–Crippen MR) is 91.5 cm³/mol. The van der Waals surface area contributed by atoms with Crippen LogP contribution in [-0.2, 0) is 19.9 Å². The first kappa shape index (κ1) is 18.0. The van der Waals surface area contributed by atoms with Crippen LogP contribution in [0.1, 0.15) is 12.5 Å². The third-order valence-electron chi connectivity index (χ3n) is 4.43. The van der Waals surface area contributed by atoms with E-state index in [1.54, 1.807) is 24.0 Å². The second kappa shape index (κ2) is 6.82. The van der Waals surface area contributed by atoms with Crippen molar-refractivity contribution in [1.82, 2.24) is 15.1 Å². The number of hydrogen-bond acceptors (Lipinski definition) is 4. The highest BCUT2D eigenvalue weighted by Gasteiger charge is 2.49. The first-order valence-corrected chi connectivity index (χ1v) is 8.53. The quantitative estimate of drug-likeness (QED) is 0.801. The highest BCUT2D eigenvalue weighted by Crippen LogP contribution is 2.33. The van der Waals surface area contributed by atoms with Gasteiger partial charge in [0.25, 0.3) is 5.91 Å². The topological polar surface area (TPSA) is 79.0 Å². The van der Waals surface area contributed by atoms with Gasteiger partial charge >= 0.3 is 6.03 Å². The van der Waals surface area contributed by atoms with Crippen molar-refractivity contribution >= 4 is 41.0 Å². The Hall–Kier alpha value is -1.83. The fourth-order valence-corrected chi connectivity index (χ4v) is 3.19. The monoisotopic (exact) mass is 385 g/mol. The van der Waals surface area contributed by atoms with Crippen molar-refractivity contribution < 1.29 is 19.1 Å². The van der Waals surface area contributed by atoms with Crippen LogP contribution in [0.4, 0.5) is 4.79 Å². The maximum Gasteiger partial charge on any atom is 0.325 e. The van der Waals surface area contributed by atoms with Crippen molar-refractivity contribution in [2.24, 2.45) is 0 Å². The van der Waals surface area contributed by atoms with Gasteiger partial charge in [0.05, 0.1) is 23.3 Å². The van der Waals surface area contributed by atoms with Crippen LogP contribution in [-0.4, -0.2) is 60.5 Å². The molecule has 4 amide bonds. The number of carbonyl (C=O) groups is 3. The molecule has 3 rings (SSSR count). The summed E-state index contributed by atoms with van der Waals surface area (Å²) in [5.74, 6) is -0.789. The van der Waals surface area contributed by atoms with Crippen LogP contribution in [0.3, 0.4) is 0 Å². The van der Waals surface area contributed by atoms with Crippen LogP contribution >= 0.6 is 23.2 Å². The molecule has 1 aromatic rings. The molecule has 2 aliphatic heterocycles. The smallest absolute Gasteiger partial charge is 0.325 e. The normalized spacial score (nSPS) is 23.8. The molecular weight excluding hydrogens is 369 g/mol. The maximum atomic E-state index is 12.8. The van der Waals surface area contributed by atoms with E-state index in [1.807, 2.05) is 0 Å². The minimum atomic E-state index is -1.30. The number of nitrogens with zero attached hydrogens (tertiary/aromatic N) is 2. The van der Waals surface area contributed by atoms with E-state index >= 15 is 0 Å². The minimum absolute atomic E-state index is 0.283. The van der Waals surface area contributed by atoms with Gasteiger partial charge in [-0.1, -0.05) is 29.3 Å². The lowest BCUT2D eigenvalue weighted by atomic mass is 9.92. The van der Waals surface area contributed by atoms with Crippen LogP contribution < -0.4 is 5.32 Å². The number of amides is 4. The number of hydrogen-bond donors (Lipinski definition) is 1. The summed E-state index contributed by atoms with van der Waals surface area (Å²) in [6.07, 6.45) is 0. The molecule has 0 spiro atoms. The van der Waals surface area contributed by atoms with Gasteiger partial charge in [0.1, 0.15) is 12.1 Å². The number of rotatable bonds is 3. The van der Waals surface area contributed by atoms with E-state index < -0.39 is 17.5 Å². The fourth-order valence-electron chi connectivity index (χ4n) is 2.89. The van der Waals surface area contributed by atoms with Gasteiger partial charge in [-0.3, -0.25) is 14.5 Å². The lowest BCUT2D eigenvalue weighted by Gasteiger charge is -2.28. The number of ether oxygens (including phenoxy) is 1. The summed E-state index contributed by atoms with van der Waals surface area (Å²) in [7, 11) is 0. The third-order valence-corrected chi connectivity index (χ3v) is 5.17. The third kappa shape index (κ3) is 3.31. The molecule has 0 saturated carbocycles. The van der Waals surface area contributed by atoms with Crippen molar-refractivity contribution in [3.8, 4) is 0 Å². The molecule has 0 aliphatic carbocycles. The highest BCUT2D eigenvalue weighted by molar-refractivity contribution is 6.42. The molecule has 7 nitrogen and oxygen atoms in total. The molecule has 1 aromatic carbocycles. The number of imide groups is 1. The Morgan fingerprint density at radius 1 is 1.24 bits per heavy atom. The van der Waals surface area contributed by atoms with Gasteiger partial charge in [-0.2, -0.15) is 0 Å². The minimum Gasteiger partial charge on any atom is -0.378 e. The standard InChI is InChI=1S/C16H17Cl2N3O4/c1-16(10-2-3-11(17)12(18)8-10)14(23)21(15(24)19-16)9-13(22)20-4-6-25-7-5-20/h2-3,8H,4-7,9H2,1H3,(H,19,24). The first-order chi connectivity index (χ1) is 11.8. The van der Waals surface area contributed by atoms with Crippen LogP contribution in [0, 0.1) is 0 Å². The zero-order valence-electron chi connectivity index (χ0n) is 13.6. The summed E-state index contributed by atoms with van der Waals surface area (Å²) in [6.45, 7) is 3.08. The Morgan fingerprint density at radius 2 is 1.92 bits per heavy atom. The molecular formula is C16H17Cl2N3O4. The maximum absolute atomic E-state index is 12.8. The Labute approximate surface area is 154 Å². The van der Waals surface area contributed by atoms with Crippen molar-refractivity contribution in [1.29, 1.82) is 0 Å². The van der Waals surface area contributed by atoms with Crippen LogP contribution in [0.15, 0.2) is 18.2 Å². The molecule has 2 aliphatic rings. The molecule has 1 unspecified atom stereocenters. The SMILES string of the molecule is CC1(c2ccc(Cl)c(Cl)c2)NC(=O)N(CC(=O)N2CCOCC2)C1=O. The van der Waals surface area contributed by atoms with Gasteiger partial charge < -0.3 is 15.0 Å². The molecule has 2 heterocycles. The van der Waals surface area contributed by atoms with E-state index in [9.17, 15) is 14.4 Å². The summed E-state index contributed by atoms with van der Waals surface area (Å²) in [6, 6.07) is 4.11. The van der Waals surface area contributed by atoms with E-state index in [1.165, 1.54) is 6.07 Å². The molecule has 0 radical (unpaired) electrons. The van der Waals surface area contributed by atoms with Gasteiger partial charge in [-0.25, -0.2) is 4.79 Å². The second-order valence-corrected chi connectivity index (χ2v) is 6.88. The van der Waals surface area contributed by atoms with Gasteiger partial charge in [0, 0.05) is 13.1 Å². The molecule has 1 N–H and O–H groups in total. The molecule has 9 heteroatoms. The highest BCUT2D eigenvalue weighted by atomic mass is 35.5. The molecule has 0 bridgehead atoms. The fraction of sp³-hybridized carbons (Fsp3) is 0.438. The van der Waals surface area contributed by atoms with Crippen molar-refractivity contribution in [3.05, 3.63) is 33.8 Å². The number of benzene rings is 1. The second-order valence-electron chi connectivity index (χ2n) is 6.07. The summed E-state index contributed by atoms with van der Waals surface area (Å²) in [5.41, 5.74) is -0.794. The average molecular weight is 386 g/mol. The number of nitrogens with one attached hydrogen (secondary N) is 1. The zero-order chi connectivity index (χ0) is 18.2. The molecule has 1 atom stereocenters. The van der Waals surface area contributed by atoms with Crippen molar-refractivity contribution in [2.75, 3.05) is 32.8 Å². The number of halogens is 2. The van der Waals surface area contributed by atoms with E-state index in [0.29, 0.717) is 36.9 Å². The lowest BCUT2D eigenvalue weighted by molar-refractivity contribution is -0.141. The molecule has 2 saturated heterocycles. The Kier molecular flexibility index (Phi) is 4.90. The van der Waals surface area contributed by atoms with Crippen LogP contribution in [0.25, 0.3) is 0 Å². The van der Waals surface area contributed by atoms with Crippen molar-refractivity contribution in [3.63, 3.8) is 0 Å². The largest absolute Gasteiger partial charge is 0.378 e. The number of urea groups is 1. The van der Waals surface area contributed by atoms with E-state index in [4.69, 9.17) is 27.9 Å². The Balaban J connectivity index is 1.79. The van der Waals surface area contributed by atoms with Crippen molar-refractivity contribution in [2.45, 2.75) is 12.5 Å². The Morgan fingerprint density at radius 3 is 2.56 bits per heavy atom. The average Bonchev–Trinajstić information content (AvgIpc) is 2.82. The van der Waals surface area contributed by atoms with Gasteiger partial charge in [-0.05, 0) is 24.6 Å². The predicted octanol–water partition coefficient (Wildman–Crippen LogP) is 1.62. The van der Waals surface area contributed by atoms with Gasteiger partial charge in [0.2, 0.25) is 5.91 Å². The molecule has 25 heavy (non-hydrogen) atoms. The summed E-state index contributed by atoms with van der Waals surface area (Å²) >= 11 is 11.9. The van der Waals surface area contributed by atoms with Crippen LogP contribution in [0.2, 0.25) is 10.0 Å². The van der Waals surface area contributed by atoms with Gasteiger partial charge in [-0.15, -0.1) is 0 Å². The lowest BCUT2D eigenvalue weighted by Crippen LogP contribution is -2.47. The molecule has 2 fully saturated rings. The first-order valence-electron chi connectivity index (χ1n) is 7.78. The van der Waals surface area contributed by atoms with Crippen LogP contribution in [0.5, 0.6) is 0 Å². The van der Waals surface area contributed by atoms with E-state index in [-0.39, 0.29) is 17.5 Å². The summed E-state index contributed by atoms with van der Waals surface area (Å²) in [5, 5.41) is 3.28. The van der Waals surface area contributed by atoms with E-state index in [0.717, 1.165) is 4.90 Å². The molecule has 134 valence electrons. The Bertz CT molecular complexity index is 736. The zero-order valence-corrected chi connectivity index (χ0v) is 15.1. The van der Waals surface area contributed by atoms with E-state index in [2.05, 4.69) is 5.32 Å². The molecule has 0 aromatic heterocycles.